The summed E-state index contributed by atoms with van der Waals surface area (Å²) < 4.78 is 30.8. The largest absolute Gasteiger partial charge is 0.479 e. The van der Waals surface area contributed by atoms with Crippen LogP contribution in [0.15, 0.2) is 36.7 Å². The summed E-state index contributed by atoms with van der Waals surface area (Å²) in [6.45, 7) is 8.30. The van der Waals surface area contributed by atoms with Gasteiger partial charge < -0.3 is 29.9 Å². The molecule has 0 amide bonds. The molecule has 0 saturated carbocycles. The third-order valence-electron chi connectivity index (χ3n) is 6.88. The minimum Gasteiger partial charge on any atom is -0.479 e. The fourth-order valence-electron chi connectivity index (χ4n) is 4.67. The minimum absolute atomic E-state index is 0.0107. The molecular weight excluding hydrogens is 541 g/mol. The molecule has 218 valence electrons. The number of aliphatic hydroxyl groups excluding tert-OH is 3. The number of hydrogen-bond donors (Lipinski definition) is 4. The predicted octanol–water partition coefficient (Wildman–Crippen LogP) is 0.376. The van der Waals surface area contributed by atoms with Gasteiger partial charge in [0.05, 0.1) is 5.56 Å². The van der Waals surface area contributed by atoms with Crippen molar-refractivity contribution in [3.63, 3.8) is 0 Å². The Labute approximate surface area is 233 Å². The molecule has 4 heterocycles. The molecule has 1 saturated heterocycles. The summed E-state index contributed by atoms with van der Waals surface area (Å²) >= 11 is 0. The lowest BCUT2D eigenvalue weighted by Crippen LogP contribution is -2.64. The maximum atomic E-state index is 15.0. The second-order valence-corrected chi connectivity index (χ2v) is 10.7. The first-order valence-corrected chi connectivity index (χ1v) is 12.9. The number of benzene rings is 1. The van der Waals surface area contributed by atoms with Crippen LogP contribution in [-0.4, -0.2) is 80.3 Å². The van der Waals surface area contributed by atoms with E-state index in [1.807, 2.05) is 27.7 Å². The van der Waals surface area contributed by atoms with Crippen molar-refractivity contribution >= 4 is 11.6 Å². The molecule has 0 aliphatic carbocycles. The lowest BCUT2D eigenvalue weighted by atomic mass is 9.88. The summed E-state index contributed by atoms with van der Waals surface area (Å²) in [5.41, 5.74) is 0.277. The molecule has 15 heteroatoms. The zero-order chi connectivity index (χ0) is 29.6. The third kappa shape index (κ3) is 5.12. The lowest BCUT2D eigenvalue weighted by molar-refractivity contribution is -0.802. The molecule has 1 fully saturated rings. The van der Waals surface area contributed by atoms with Crippen molar-refractivity contribution in [3.8, 4) is 17.3 Å². The Bertz CT molecular complexity index is 1580. The molecule has 0 unspecified atom stereocenters. The van der Waals surface area contributed by atoms with Gasteiger partial charge in [0.2, 0.25) is 0 Å². The van der Waals surface area contributed by atoms with Gasteiger partial charge in [-0.05, 0) is 34.7 Å². The molecule has 0 bridgehead atoms. The van der Waals surface area contributed by atoms with E-state index in [1.54, 1.807) is 16.8 Å². The fraction of sp³-hybridized carbons (Fsp3) is 0.462. The van der Waals surface area contributed by atoms with E-state index < -0.39 is 47.8 Å². The molecule has 41 heavy (non-hydrogen) atoms. The second-order valence-electron chi connectivity index (χ2n) is 10.7. The number of carboxylic acid groups (broad SMARTS) is 1. The number of ether oxygens (including phenoxy) is 2. The van der Waals surface area contributed by atoms with Crippen molar-refractivity contribution in [1.82, 2.24) is 29.5 Å². The monoisotopic (exact) mass is 572 g/mol. The smallest absolute Gasteiger partial charge is 0.335 e. The minimum atomic E-state index is -1.90. The zero-order valence-corrected chi connectivity index (χ0v) is 22.8. The molecule has 5 atom stereocenters. The molecular formula is C26H31FN7O7+. The molecule has 0 radical (unpaired) electrons. The van der Waals surface area contributed by atoms with Gasteiger partial charge >= 0.3 is 11.6 Å². The van der Waals surface area contributed by atoms with Crippen LogP contribution in [-0.2, 0) is 28.1 Å². The Morgan fingerprint density at radius 2 is 1.90 bits per heavy atom. The molecule has 1 aromatic carbocycles. The van der Waals surface area contributed by atoms with E-state index in [0.29, 0.717) is 17.9 Å². The Balaban J connectivity index is 1.71. The first-order chi connectivity index (χ1) is 19.4. The van der Waals surface area contributed by atoms with Crippen molar-refractivity contribution in [2.75, 3.05) is 0 Å². The van der Waals surface area contributed by atoms with Crippen molar-refractivity contribution in [3.05, 3.63) is 53.9 Å². The van der Waals surface area contributed by atoms with Crippen molar-refractivity contribution in [2.45, 2.75) is 76.9 Å². The van der Waals surface area contributed by atoms with Gasteiger partial charge in [-0.2, -0.15) is 5.10 Å². The Hall–Kier alpha value is -4.05. The first kappa shape index (κ1) is 28.5. The first-order valence-electron chi connectivity index (χ1n) is 12.9. The van der Waals surface area contributed by atoms with E-state index in [9.17, 15) is 25.2 Å². The molecule has 0 spiro atoms. The Kier molecular flexibility index (Phi) is 7.46. The van der Waals surface area contributed by atoms with E-state index >= 15 is 4.39 Å². The van der Waals surface area contributed by atoms with Crippen LogP contribution in [0.4, 0.5) is 4.39 Å². The Morgan fingerprint density at radius 1 is 1.17 bits per heavy atom. The SMILES string of the molecule is CCn1ncnc1COc1nn2c(-c3ccccc3F)n[n+]([C@@H]3O[C@H](C(=O)O)[C@@H](O)[C@H](O)[C@H]3O)c2cc1C(C)(C)C. The number of aliphatic carboxylic acids is 1. The number of carboxylic acids is 1. The maximum Gasteiger partial charge on any atom is 0.335 e. The van der Waals surface area contributed by atoms with Gasteiger partial charge in [-0.1, -0.05) is 42.1 Å². The van der Waals surface area contributed by atoms with Crippen molar-refractivity contribution in [2.24, 2.45) is 0 Å². The number of hydrogen-bond acceptors (Lipinski definition) is 10. The highest BCUT2D eigenvalue weighted by Gasteiger charge is 2.51. The van der Waals surface area contributed by atoms with Gasteiger partial charge in [0, 0.05) is 18.2 Å². The van der Waals surface area contributed by atoms with Crippen LogP contribution < -0.4 is 9.42 Å². The van der Waals surface area contributed by atoms with E-state index in [4.69, 9.17) is 9.47 Å². The van der Waals surface area contributed by atoms with Crippen LogP contribution in [0.2, 0.25) is 0 Å². The second kappa shape index (κ2) is 10.7. The van der Waals surface area contributed by atoms with Crippen LogP contribution in [0.3, 0.4) is 0 Å². The maximum absolute atomic E-state index is 15.0. The lowest BCUT2D eigenvalue weighted by Gasteiger charge is -2.36. The summed E-state index contributed by atoms with van der Waals surface area (Å²) in [4.78, 5) is 16.0. The van der Waals surface area contributed by atoms with Gasteiger partial charge in [0.15, 0.2) is 18.0 Å². The van der Waals surface area contributed by atoms with Crippen molar-refractivity contribution < 1.29 is 43.8 Å². The highest BCUT2D eigenvalue weighted by molar-refractivity contribution is 5.73. The highest BCUT2D eigenvalue weighted by atomic mass is 19.1. The Morgan fingerprint density at radius 3 is 2.56 bits per heavy atom. The number of nitrogens with zero attached hydrogens (tertiary/aromatic N) is 7. The molecule has 4 N–H and O–H groups in total. The van der Waals surface area contributed by atoms with Gasteiger partial charge in [-0.25, -0.2) is 18.9 Å². The number of aryl methyl sites for hydroxylation is 1. The van der Waals surface area contributed by atoms with Gasteiger partial charge in [0.1, 0.15) is 31.0 Å². The molecule has 1 aliphatic heterocycles. The molecule has 5 rings (SSSR count). The van der Waals surface area contributed by atoms with Crippen LogP contribution >= 0.6 is 0 Å². The van der Waals surface area contributed by atoms with E-state index in [1.165, 1.54) is 29.0 Å². The van der Waals surface area contributed by atoms with Crippen LogP contribution in [0.25, 0.3) is 17.0 Å². The number of rotatable bonds is 7. The summed E-state index contributed by atoms with van der Waals surface area (Å²) in [5.74, 6) is -1.41. The van der Waals surface area contributed by atoms with Gasteiger partial charge in [0.25, 0.3) is 17.9 Å². The van der Waals surface area contributed by atoms with E-state index in [0.717, 1.165) is 4.68 Å². The summed E-state index contributed by atoms with van der Waals surface area (Å²) in [5, 5.41) is 54.4. The number of aromatic nitrogens is 7. The average Bonchev–Trinajstić information content (AvgIpc) is 3.54. The summed E-state index contributed by atoms with van der Waals surface area (Å²) in [6.07, 6.45) is -7.57. The number of carbonyl (C=O) groups is 1. The normalized spacial score (nSPS) is 23.2. The molecule has 4 aromatic rings. The number of halogens is 1. The topological polar surface area (TPSA) is 181 Å². The quantitative estimate of drug-likeness (QED) is 0.225. The van der Waals surface area contributed by atoms with Crippen LogP contribution in [0.1, 0.15) is 45.3 Å². The number of fused-ring (bicyclic) bond motifs is 1. The standard InChI is InChI=1S/C26H30FN7O7/c1-5-32-16(28-12-29-32)11-40-23-14(26(2,3)4)10-17-33(31-23)22(13-8-6-7-9-15(13)27)30-34(17)24-20(37)18(35)19(36)21(41-24)25(38)39/h6-10,12,18-21,24,35-37H,5,11H2,1-4H3/p+1/t18-,19-,20+,21-,24+/m0/s1. The predicted molar refractivity (Wildman–Crippen MR) is 137 cm³/mol. The average molecular weight is 573 g/mol. The van der Waals surface area contributed by atoms with Crippen LogP contribution in [0, 0.1) is 5.82 Å². The molecule has 3 aromatic heterocycles. The third-order valence-corrected chi connectivity index (χ3v) is 6.88. The van der Waals surface area contributed by atoms with Crippen LogP contribution in [0.5, 0.6) is 5.88 Å². The molecule has 14 nitrogen and oxygen atoms in total. The fourth-order valence-corrected chi connectivity index (χ4v) is 4.67. The molecule has 1 aliphatic rings. The van der Waals surface area contributed by atoms with E-state index in [-0.39, 0.29) is 29.5 Å². The number of aliphatic hydroxyl groups is 3. The van der Waals surface area contributed by atoms with Gasteiger partial charge in [-0.15, -0.1) is 0 Å². The summed E-state index contributed by atoms with van der Waals surface area (Å²) in [7, 11) is 0. The highest BCUT2D eigenvalue weighted by Crippen LogP contribution is 2.33. The van der Waals surface area contributed by atoms with Gasteiger partial charge in [-0.3, -0.25) is 0 Å². The summed E-state index contributed by atoms with van der Waals surface area (Å²) in [6, 6.07) is 7.50. The zero-order valence-electron chi connectivity index (χ0n) is 22.8. The van der Waals surface area contributed by atoms with E-state index in [2.05, 4.69) is 20.3 Å². The van der Waals surface area contributed by atoms with Crippen molar-refractivity contribution in [1.29, 1.82) is 0 Å².